The maximum Gasteiger partial charge on any atom is 0.134 e. The van der Waals surface area contributed by atoms with Gasteiger partial charge in [0.15, 0.2) is 0 Å². The van der Waals surface area contributed by atoms with Gasteiger partial charge in [-0.2, -0.15) is 0 Å². The van der Waals surface area contributed by atoms with Gasteiger partial charge in [0.2, 0.25) is 0 Å². The first-order valence-corrected chi connectivity index (χ1v) is 12.1. The van der Waals surface area contributed by atoms with E-state index >= 15 is 0 Å². The van der Waals surface area contributed by atoms with Crippen LogP contribution in [0.5, 0.6) is 0 Å². The first-order chi connectivity index (χ1) is 11.3. The van der Waals surface area contributed by atoms with Crippen molar-refractivity contribution >= 4 is 26.5 Å². The summed E-state index contributed by atoms with van der Waals surface area (Å²) in [5.41, 5.74) is 0.354. The van der Waals surface area contributed by atoms with E-state index in [0.29, 0.717) is 0 Å². The molecule has 2 aliphatic heterocycles. The summed E-state index contributed by atoms with van der Waals surface area (Å²) in [7, 11) is -2.25. The summed E-state index contributed by atoms with van der Waals surface area (Å²) in [4.78, 5) is 0. The Hall–Kier alpha value is -0.0800. The van der Waals surface area contributed by atoms with Crippen LogP contribution in [0.15, 0.2) is 24.3 Å². The zero-order chi connectivity index (χ0) is 17.8. The van der Waals surface area contributed by atoms with E-state index in [0.717, 1.165) is 0 Å². The Kier molecular flexibility index (Phi) is 5.39. The molecule has 4 nitrogen and oxygen atoms in total. The summed E-state index contributed by atoms with van der Waals surface area (Å²) < 4.78 is 0. The van der Waals surface area contributed by atoms with Crippen molar-refractivity contribution in [3.63, 3.8) is 0 Å². The highest BCUT2D eigenvalue weighted by Crippen LogP contribution is 2.59. The van der Waals surface area contributed by atoms with Gasteiger partial charge in [-0.05, 0) is 39.8 Å². The average molecular weight is 372 g/mol. The average Bonchev–Trinajstić information content (AvgIpc) is 2.88. The Morgan fingerprint density at radius 1 is 0.583 bits per heavy atom. The van der Waals surface area contributed by atoms with E-state index in [1.807, 2.05) is 39.8 Å². The summed E-state index contributed by atoms with van der Waals surface area (Å²) in [5.74, 6) is 0. The molecule has 0 unspecified atom stereocenters. The van der Waals surface area contributed by atoms with E-state index in [2.05, 4.69) is 12.1 Å². The van der Waals surface area contributed by atoms with Crippen LogP contribution in [0, 0.1) is 0 Å². The lowest BCUT2D eigenvalue weighted by Crippen LogP contribution is -2.30. The topological polar surface area (TPSA) is 80.9 Å². The Bertz CT molecular complexity index is 519. The second-order valence-corrected chi connectivity index (χ2v) is 14.1. The minimum Gasteiger partial charge on any atom is -0.386 e. The molecule has 0 amide bonds. The molecule has 2 heterocycles. The highest BCUT2D eigenvalue weighted by molar-refractivity contribution is 7.73. The van der Waals surface area contributed by atoms with Crippen LogP contribution in [0.2, 0.25) is 0 Å². The number of rotatable bonds is 2. The monoisotopic (exact) mass is 372 g/mol. The predicted octanol–water partition coefficient (Wildman–Crippen LogP) is 0.390. The van der Waals surface area contributed by atoms with Crippen molar-refractivity contribution < 1.29 is 20.4 Å². The molecule has 134 valence electrons. The quantitative estimate of drug-likeness (QED) is 0.567. The standard InChI is InChI=1S/C18H28O4P2/c1-9-15(19)16(20)10(2)23(9)13-7-5-6-8-14(13)24-11(3)17(21)18(22)12(24)4/h5-12,15-22H,1-4H3/p+2/t9-,10-,11-,12-,15+,16+,17+,18+/m0/s1. The number of benzene rings is 1. The number of hydrogen-bond acceptors (Lipinski definition) is 4. The summed E-state index contributed by atoms with van der Waals surface area (Å²) in [6, 6.07) is 8.37. The third-order valence-corrected chi connectivity index (χ3v) is 13.9. The van der Waals surface area contributed by atoms with E-state index in [1.54, 1.807) is 0 Å². The van der Waals surface area contributed by atoms with Crippen molar-refractivity contribution in [2.75, 3.05) is 0 Å². The molecule has 6 heteroatoms. The molecular weight excluding hydrogens is 342 g/mol. The molecule has 24 heavy (non-hydrogen) atoms. The zero-order valence-corrected chi connectivity index (χ0v) is 16.7. The van der Waals surface area contributed by atoms with Crippen LogP contribution >= 0.6 is 15.8 Å². The Balaban J connectivity index is 2.04. The van der Waals surface area contributed by atoms with E-state index in [-0.39, 0.29) is 22.6 Å². The molecule has 0 aliphatic carbocycles. The van der Waals surface area contributed by atoms with Gasteiger partial charge in [0.25, 0.3) is 0 Å². The molecular formula is C18H30O4P2+2. The van der Waals surface area contributed by atoms with E-state index in [4.69, 9.17) is 0 Å². The molecule has 0 saturated carbocycles. The van der Waals surface area contributed by atoms with Crippen LogP contribution in [0.3, 0.4) is 0 Å². The third kappa shape index (κ3) is 2.76. The molecule has 3 rings (SSSR count). The predicted molar refractivity (Wildman–Crippen MR) is 104 cm³/mol. The van der Waals surface area contributed by atoms with Crippen molar-refractivity contribution in [3.05, 3.63) is 24.3 Å². The lowest BCUT2D eigenvalue weighted by atomic mass is 10.1. The van der Waals surface area contributed by atoms with Gasteiger partial charge in [0.05, 0.1) is 22.6 Å². The van der Waals surface area contributed by atoms with Gasteiger partial charge in [-0.15, -0.1) is 0 Å². The highest BCUT2D eigenvalue weighted by atomic mass is 31.1. The molecule has 0 bridgehead atoms. The van der Waals surface area contributed by atoms with E-state index < -0.39 is 40.3 Å². The van der Waals surface area contributed by atoms with Gasteiger partial charge < -0.3 is 20.4 Å². The van der Waals surface area contributed by atoms with Crippen molar-refractivity contribution in [2.45, 2.75) is 74.7 Å². The maximum atomic E-state index is 10.3. The SMILES string of the molecule is C[C@H]1[C@@H](O)[C@H](O)[C@H](C)[PH+]1c1ccccc1[PH+]1[C@@H](C)[C@@H](O)[C@H](O)[C@@H]1C. The first-order valence-electron chi connectivity index (χ1n) is 8.82. The minimum absolute atomic E-state index is 0.0885. The summed E-state index contributed by atoms with van der Waals surface area (Å²) in [5, 5.41) is 43.8. The van der Waals surface area contributed by atoms with Crippen molar-refractivity contribution in [1.82, 2.24) is 0 Å². The van der Waals surface area contributed by atoms with Gasteiger partial charge in [-0.25, -0.2) is 0 Å². The first kappa shape index (κ1) is 18.7. The van der Waals surface area contributed by atoms with Crippen molar-refractivity contribution in [1.29, 1.82) is 0 Å². The van der Waals surface area contributed by atoms with Crippen LogP contribution < -0.4 is 10.6 Å². The van der Waals surface area contributed by atoms with Crippen LogP contribution in [-0.2, 0) is 0 Å². The van der Waals surface area contributed by atoms with Gasteiger partial charge in [-0.1, -0.05) is 12.1 Å². The fraction of sp³-hybridized carbons (Fsp3) is 0.667. The van der Waals surface area contributed by atoms with Gasteiger partial charge in [0.1, 0.15) is 35.0 Å². The van der Waals surface area contributed by atoms with Gasteiger partial charge in [-0.3, -0.25) is 0 Å². The summed E-state index contributed by atoms with van der Waals surface area (Å²) >= 11 is 0. The molecule has 2 aliphatic rings. The number of hydrogen-bond donors (Lipinski definition) is 4. The smallest absolute Gasteiger partial charge is 0.134 e. The fourth-order valence-corrected chi connectivity index (χ4v) is 12.8. The summed E-state index contributed by atoms with van der Waals surface area (Å²) in [6.07, 6.45) is -2.63. The molecule has 4 N–H and O–H groups in total. The Labute approximate surface area is 146 Å². The minimum atomic E-state index is -1.13. The number of aliphatic hydroxyl groups is 4. The summed E-state index contributed by atoms with van der Waals surface area (Å²) in [6.45, 7) is 8.19. The molecule has 1 aromatic carbocycles. The maximum absolute atomic E-state index is 10.3. The molecule has 0 radical (unpaired) electrons. The second-order valence-electron chi connectivity index (χ2n) is 7.57. The molecule has 1 aromatic rings. The third-order valence-electron chi connectivity index (χ3n) is 6.26. The second kappa shape index (κ2) is 6.91. The molecule has 2 fully saturated rings. The van der Waals surface area contributed by atoms with Gasteiger partial charge >= 0.3 is 0 Å². The highest BCUT2D eigenvalue weighted by Gasteiger charge is 2.57. The fourth-order valence-electron chi connectivity index (χ4n) is 4.72. The van der Waals surface area contributed by atoms with Crippen molar-refractivity contribution in [2.24, 2.45) is 0 Å². The Morgan fingerprint density at radius 2 is 0.833 bits per heavy atom. The molecule has 8 atom stereocenters. The molecule has 0 aromatic heterocycles. The van der Waals surface area contributed by atoms with Crippen LogP contribution in [0.1, 0.15) is 27.7 Å². The van der Waals surface area contributed by atoms with E-state index in [9.17, 15) is 20.4 Å². The normalized spacial score (nSPS) is 48.8. The number of aliphatic hydroxyl groups excluding tert-OH is 4. The lowest BCUT2D eigenvalue weighted by Gasteiger charge is -2.20. The zero-order valence-electron chi connectivity index (χ0n) is 14.7. The van der Waals surface area contributed by atoms with Gasteiger partial charge in [0, 0.05) is 15.8 Å². The lowest BCUT2D eigenvalue weighted by molar-refractivity contribution is 0.0327. The van der Waals surface area contributed by atoms with Crippen LogP contribution in [-0.4, -0.2) is 67.5 Å². The molecule has 0 spiro atoms. The molecule has 2 saturated heterocycles. The van der Waals surface area contributed by atoms with E-state index in [1.165, 1.54) is 10.6 Å². The van der Waals surface area contributed by atoms with Crippen molar-refractivity contribution in [3.8, 4) is 0 Å². The van der Waals surface area contributed by atoms with Crippen LogP contribution in [0.25, 0.3) is 0 Å². The van der Waals surface area contributed by atoms with Crippen LogP contribution in [0.4, 0.5) is 0 Å². The largest absolute Gasteiger partial charge is 0.386 e. The Morgan fingerprint density at radius 3 is 1.08 bits per heavy atom.